The minimum absolute atomic E-state index is 0.0503. The topological polar surface area (TPSA) is 49.8 Å². The summed E-state index contributed by atoms with van der Waals surface area (Å²) in [7, 11) is 0. The number of halogens is 5. The van der Waals surface area contributed by atoms with Gasteiger partial charge in [-0.2, -0.15) is 4.98 Å². The number of nitrogens with one attached hydrogen (secondary N) is 2. The van der Waals surface area contributed by atoms with Crippen molar-refractivity contribution in [3.05, 3.63) is 58.3 Å². The molecular formula is C17H13BrF4N4. The first-order valence-electron chi connectivity index (χ1n) is 7.57. The molecule has 3 aromatic rings. The second-order valence-electron chi connectivity index (χ2n) is 5.42. The molecule has 0 fully saturated rings. The lowest BCUT2D eigenvalue weighted by Gasteiger charge is -2.14. The Kier molecular flexibility index (Phi) is 5.55. The van der Waals surface area contributed by atoms with Gasteiger partial charge in [0.15, 0.2) is 0 Å². The molecule has 26 heavy (non-hydrogen) atoms. The second-order valence-corrected chi connectivity index (χ2v) is 6.33. The van der Waals surface area contributed by atoms with Gasteiger partial charge in [-0.25, -0.2) is 22.5 Å². The van der Waals surface area contributed by atoms with Crippen molar-refractivity contribution in [2.75, 3.05) is 10.6 Å². The Labute approximate surface area is 154 Å². The monoisotopic (exact) mass is 428 g/mol. The quantitative estimate of drug-likeness (QED) is 0.422. The van der Waals surface area contributed by atoms with E-state index in [1.165, 1.54) is 12.1 Å². The highest BCUT2D eigenvalue weighted by atomic mass is 79.9. The summed E-state index contributed by atoms with van der Waals surface area (Å²) in [5, 5.41) is 5.40. The van der Waals surface area contributed by atoms with Crippen LogP contribution >= 0.6 is 15.9 Å². The van der Waals surface area contributed by atoms with Crippen LogP contribution in [0.15, 0.2) is 46.9 Å². The fourth-order valence-corrected chi connectivity index (χ4v) is 2.63. The number of alkyl halides is 3. The maximum atomic E-state index is 13.5. The molecule has 0 aliphatic carbocycles. The molecule has 1 unspecified atom stereocenters. The Bertz CT molecular complexity index is 905. The van der Waals surface area contributed by atoms with Gasteiger partial charge in [-0.15, -0.1) is 0 Å². The molecule has 0 bridgehead atoms. The normalized spacial score (nSPS) is 12.4. The van der Waals surface area contributed by atoms with Crippen LogP contribution in [0.5, 0.6) is 0 Å². The summed E-state index contributed by atoms with van der Waals surface area (Å²) in [6.45, 7) is 0.287. The smallest absolute Gasteiger partial charge is 0.287 e. The molecule has 0 radical (unpaired) electrons. The summed E-state index contributed by atoms with van der Waals surface area (Å²) in [6.07, 6.45) is -5.75. The van der Waals surface area contributed by atoms with Crippen molar-refractivity contribution in [3.8, 4) is 0 Å². The maximum Gasteiger partial charge on any atom is 0.287 e. The van der Waals surface area contributed by atoms with E-state index in [0.29, 0.717) is 15.4 Å². The first kappa shape index (κ1) is 18.4. The summed E-state index contributed by atoms with van der Waals surface area (Å²) < 4.78 is 52.2. The fraction of sp³-hybridized carbons (Fsp3) is 0.176. The zero-order chi connectivity index (χ0) is 18.7. The van der Waals surface area contributed by atoms with Crippen molar-refractivity contribution in [1.29, 1.82) is 0 Å². The zero-order valence-electron chi connectivity index (χ0n) is 13.2. The standard InChI is InChI=1S/C17H13BrF4N4/c18-10-3-6-13-12(7-10)16(25-15(22)14(20)21)26-17(24-13)23-8-9-1-4-11(19)5-2-9/h1-7,14-15H,8H2,(H2,23,24,25,26). The van der Waals surface area contributed by atoms with Gasteiger partial charge >= 0.3 is 0 Å². The summed E-state index contributed by atoms with van der Waals surface area (Å²) >= 11 is 3.28. The van der Waals surface area contributed by atoms with E-state index in [4.69, 9.17) is 0 Å². The average Bonchev–Trinajstić information content (AvgIpc) is 2.61. The van der Waals surface area contributed by atoms with Crippen LogP contribution in [-0.2, 0) is 6.54 Å². The van der Waals surface area contributed by atoms with E-state index >= 15 is 0 Å². The molecule has 0 amide bonds. The van der Waals surface area contributed by atoms with E-state index in [1.807, 2.05) is 0 Å². The molecule has 1 atom stereocenters. The van der Waals surface area contributed by atoms with Gasteiger partial charge in [-0.3, -0.25) is 0 Å². The molecule has 3 rings (SSSR count). The number of nitrogens with zero attached hydrogens (tertiary/aromatic N) is 2. The van der Waals surface area contributed by atoms with Crippen LogP contribution in [0, 0.1) is 5.82 Å². The van der Waals surface area contributed by atoms with Crippen molar-refractivity contribution in [3.63, 3.8) is 0 Å². The Balaban J connectivity index is 1.90. The number of hydrogen-bond donors (Lipinski definition) is 2. The van der Waals surface area contributed by atoms with Crippen LogP contribution in [-0.4, -0.2) is 22.7 Å². The second kappa shape index (κ2) is 7.86. The fourth-order valence-electron chi connectivity index (χ4n) is 2.27. The summed E-state index contributed by atoms with van der Waals surface area (Å²) in [5.41, 5.74) is 1.23. The highest BCUT2D eigenvalue weighted by molar-refractivity contribution is 9.10. The van der Waals surface area contributed by atoms with Crippen LogP contribution in [0.3, 0.4) is 0 Å². The number of aromatic nitrogens is 2. The van der Waals surface area contributed by atoms with Crippen LogP contribution in [0.25, 0.3) is 10.9 Å². The van der Waals surface area contributed by atoms with Gasteiger partial charge in [0.25, 0.3) is 6.43 Å². The van der Waals surface area contributed by atoms with Crippen LogP contribution in [0.1, 0.15) is 5.56 Å². The van der Waals surface area contributed by atoms with E-state index in [0.717, 1.165) is 5.56 Å². The van der Waals surface area contributed by atoms with Gasteiger partial charge in [0, 0.05) is 16.4 Å². The lowest BCUT2D eigenvalue weighted by Crippen LogP contribution is -2.23. The zero-order valence-corrected chi connectivity index (χ0v) is 14.8. The van der Waals surface area contributed by atoms with Gasteiger partial charge in [-0.05, 0) is 35.9 Å². The Morgan fingerprint density at radius 3 is 2.42 bits per heavy atom. The minimum Gasteiger partial charge on any atom is -0.350 e. The third-order valence-corrected chi connectivity index (χ3v) is 4.01. The van der Waals surface area contributed by atoms with Crippen LogP contribution in [0.2, 0.25) is 0 Å². The van der Waals surface area contributed by atoms with E-state index in [2.05, 4.69) is 36.5 Å². The van der Waals surface area contributed by atoms with Crippen molar-refractivity contribution >= 4 is 38.6 Å². The SMILES string of the molecule is Fc1ccc(CNc2nc(NC(F)C(F)F)c3cc(Br)ccc3n2)cc1. The summed E-state index contributed by atoms with van der Waals surface area (Å²) in [5.74, 6) is -0.271. The first-order valence-corrected chi connectivity index (χ1v) is 8.36. The van der Waals surface area contributed by atoms with Crippen LogP contribution < -0.4 is 10.6 Å². The highest BCUT2D eigenvalue weighted by Crippen LogP contribution is 2.27. The molecule has 0 saturated carbocycles. The number of benzene rings is 2. The van der Waals surface area contributed by atoms with E-state index in [1.54, 1.807) is 30.3 Å². The van der Waals surface area contributed by atoms with Crippen molar-refractivity contribution in [2.24, 2.45) is 0 Å². The Morgan fingerprint density at radius 1 is 1.00 bits per heavy atom. The molecule has 0 aliphatic rings. The van der Waals surface area contributed by atoms with E-state index < -0.39 is 12.7 Å². The van der Waals surface area contributed by atoms with Crippen LogP contribution in [0.4, 0.5) is 29.3 Å². The minimum atomic E-state index is -3.19. The van der Waals surface area contributed by atoms with E-state index in [-0.39, 0.29) is 24.1 Å². The Morgan fingerprint density at radius 2 is 1.73 bits per heavy atom. The maximum absolute atomic E-state index is 13.5. The summed E-state index contributed by atoms with van der Waals surface area (Å²) in [6, 6.07) is 10.8. The first-order chi connectivity index (χ1) is 12.4. The molecule has 136 valence electrons. The molecule has 0 saturated heterocycles. The predicted octanol–water partition coefficient (Wildman–Crippen LogP) is 5.12. The molecule has 2 N–H and O–H groups in total. The molecule has 2 aromatic carbocycles. The molecule has 4 nitrogen and oxygen atoms in total. The largest absolute Gasteiger partial charge is 0.350 e. The third-order valence-electron chi connectivity index (χ3n) is 3.52. The van der Waals surface area contributed by atoms with E-state index in [9.17, 15) is 17.6 Å². The number of anilines is 2. The average molecular weight is 429 g/mol. The Hall–Kier alpha value is -2.42. The lowest BCUT2D eigenvalue weighted by atomic mass is 10.2. The third kappa shape index (κ3) is 4.40. The molecular weight excluding hydrogens is 416 g/mol. The molecule has 1 aromatic heterocycles. The number of fused-ring (bicyclic) bond motifs is 1. The summed E-state index contributed by atoms with van der Waals surface area (Å²) in [4.78, 5) is 8.39. The molecule has 9 heteroatoms. The number of rotatable bonds is 6. The molecule has 0 spiro atoms. The van der Waals surface area contributed by atoms with Crippen molar-refractivity contribution in [2.45, 2.75) is 19.3 Å². The van der Waals surface area contributed by atoms with Gasteiger partial charge in [0.2, 0.25) is 12.2 Å². The van der Waals surface area contributed by atoms with Gasteiger partial charge < -0.3 is 10.6 Å². The predicted molar refractivity (Wildman–Crippen MR) is 95.5 cm³/mol. The highest BCUT2D eigenvalue weighted by Gasteiger charge is 2.21. The molecule has 1 heterocycles. The van der Waals surface area contributed by atoms with Crippen molar-refractivity contribution in [1.82, 2.24) is 9.97 Å². The number of hydrogen-bond acceptors (Lipinski definition) is 4. The molecule has 0 aliphatic heterocycles. The van der Waals surface area contributed by atoms with Gasteiger partial charge in [0.05, 0.1) is 5.52 Å². The lowest BCUT2D eigenvalue weighted by molar-refractivity contribution is 0.0649. The van der Waals surface area contributed by atoms with Crippen molar-refractivity contribution < 1.29 is 17.6 Å². The van der Waals surface area contributed by atoms with Gasteiger partial charge in [0.1, 0.15) is 11.6 Å². The van der Waals surface area contributed by atoms with Gasteiger partial charge in [-0.1, -0.05) is 28.1 Å².